The van der Waals surface area contributed by atoms with Gasteiger partial charge >= 0.3 is 6.18 Å². The minimum Gasteiger partial charge on any atom is -0.388 e. The summed E-state index contributed by atoms with van der Waals surface area (Å²) >= 11 is 5.65. The molecule has 2 atom stereocenters. The summed E-state index contributed by atoms with van der Waals surface area (Å²) in [7, 11) is 0. The number of aliphatic hydroxyl groups is 1. The molecule has 0 saturated carbocycles. The van der Waals surface area contributed by atoms with Gasteiger partial charge in [-0.15, -0.1) is 0 Å². The highest BCUT2D eigenvalue weighted by molar-refractivity contribution is 6.30. The fourth-order valence-electron chi connectivity index (χ4n) is 1.22. The van der Waals surface area contributed by atoms with Crippen molar-refractivity contribution in [2.75, 3.05) is 0 Å². The molecular weight excluding hydrogens is 243 g/mol. The van der Waals surface area contributed by atoms with Crippen LogP contribution in [0.3, 0.4) is 0 Å². The summed E-state index contributed by atoms with van der Waals surface area (Å²) in [5.41, 5.74) is 5.24. The smallest absolute Gasteiger partial charge is 0.388 e. The summed E-state index contributed by atoms with van der Waals surface area (Å²) in [6.07, 6.45) is -6.35. The van der Waals surface area contributed by atoms with Crippen molar-refractivity contribution in [3.8, 4) is 0 Å². The van der Waals surface area contributed by atoms with Gasteiger partial charge in [0.2, 0.25) is 0 Å². The minimum atomic E-state index is -4.50. The van der Waals surface area contributed by atoms with Crippen molar-refractivity contribution in [1.29, 1.82) is 0 Å². The molecule has 1 aromatic rings. The van der Waals surface area contributed by atoms with Gasteiger partial charge < -0.3 is 10.8 Å². The van der Waals surface area contributed by atoms with Crippen molar-refractivity contribution in [3.63, 3.8) is 0 Å². The molecule has 90 valence electrons. The first-order valence-corrected chi connectivity index (χ1v) is 4.94. The second kappa shape index (κ2) is 5.03. The van der Waals surface area contributed by atoms with Crippen molar-refractivity contribution in [3.05, 3.63) is 34.9 Å². The van der Waals surface area contributed by atoms with Gasteiger partial charge in [0.05, 0.1) is 6.10 Å². The average Bonchev–Trinajstić information content (AvgIpc) is 2.16. The Morgan fingerprint density at radius 2 is 2.00 bits per heavy atom. The van der Waals surface area contributed by atoms with Crippen LogP contribution >= 0.6 is 11.6 Å². The van der Waals surface area contributed by atoms with E-state index in [1.807, 2.05) is 0 Å². The van der Waals surface area contributed by atoms with Crippen LogP contribution in [0.5, 0.6) is 0 Å². The molecule has 0 aliphatic heterocycles. The van der Waals surface area contributed by atoms with Gasteiger partial charge in [0, 0.05) is 11.4 Å². The Hall–Kier alpha value is -0.780. The molecule has 0 bridgehead atoms. The van der Waals surface area contributed by atoms with Crippen LogP contribution in [0.2, 0.25) is 5.02 Å². The summed E-state index contributed by atoms with van der Waals surface area (Å²) in [6, 6.07) is 4.00. The molecule has 6 heteroatoms. The molecule has 0 amide bonds. The quantitative estimate of drug-likeness (QED) is 0.870. The van der Waals surface area contributed by atoms with Crippen molar-refractivity contribution in [1.82, 2.24) is 0 Å². The first-order chi connectivity index (χ1) is 7.30. The summed E-state index contributed by atoms with van der Waals surface area (Å²) in [5.74, 6) is 0. The number of rotatable bonds is 3. The Morgan fingerprint density at radius 1 is 1.38 bits per heavy atom. The molecule has 0 aromatic heterocycles. The number of hydrogen-bond donors (Lipinski definition) is 2. The highest BCUT2D eigenvalue weighted by Gasteiger charge is 2.37. The third-order valence-corrected chi connectivity index (χ3v) is 2.37. The lowest BCUT2D eigenvalue weighted by Crippen LogP contribution is -2.38. The van der Waals surface area contributed by atoms with Gasteiger partial charge in [0.25, 0.3) is 0 Å². The zero-order valence-corrected chi connectivity index (χ0v) is 8.96. The predicted octanol–water partition coefficient (Wildman–Crippen LogP) is 2.65. The summed E-state index contributed by atoms with van der Waals surface area (Å²) < 4.78 is 36.4. The van der Waals surface area contributed by atoms with Gasteiger partial charge in [-0.3, -0.25) is 0 Å². The van der Waals surface area contributed by atoms with E-state index < -0.39 is 24.7 Å². The number of halogens is 4. The molecule has 16 heavy (non-hydrogen) atoms. The van der Waals surface area contributed by atoms with Crippen LogP contribution in [-0.4, -0.2) is 17.3 Å². The van der Waals surface area contributed by atoms with E-state index in [9.17, 15) is 18.3 Å². The molecule has 2 nitrogen and oxygen atoms in total. The summed E-state index contributed by atoms with van der Waals surface area (Å²) in [4.78, 5) is 0. The fourth-order valence-corrected chi connectivity index (χ4v) is 1.42. The lowest BCUT2D eigenvalue weighted by molar-refractivity contribution is -0.153. The van der Waals surface area contributed by atoms with Crippen LogP contribution in [0.25, 0.3) is 0 Å². The highest BCUT2D eigenvalue weighted by Crippen LogP contribution is 2.27. The molecule has 3 N–H and O–H groups in total. The Balaban J connectivity index is 2.69. The maximum absolute atomic E-state index is 12.1. The maximum atomic E-state index is 12.1. The van der Waals surface area contributed by atoms with Crippen LogP contribution in [0, 0.1) is 0 Å². The van der Waals surface area contributed by atoms with Gasteiger partial charge in [-0.05, 0) is 17.7 Å². The largest absolute Gasteiger partial charge is 0.403 e. The molecular formula is C10H11ClF3NO. The molecule has 0 radical (unpaired) electrons. The van der Waals surface area contributed by atoms with Gasteiger partial charge in [0.15, 0.2) is 0 Å². The topological polar surface area (TPSA) is 46.2 Å². The van der Waals surface area contributed by atoms with Crippen molar-refractivity contribution >= 4 is 11.6 Å². The van der Waals surface area contributed by atoms with E-state index in [1.165, 1.54) is 12.1 Å². The molecule has 1 rings (SSSR count). The van der Waals surface area contributed by atoms with Gasteiger partial charge in [-0.2, -0.15) is 13.2 Å². The van der Waals surface area contributed by atoms with Crippen LogP contribution < -0.4 is 5.73 Å². The molecule has 0 unspecified atom stereocenters. The second-order valence-electron chi connectivity index (χ2n) is 3.45. The lowest BCUT2D eigenvalue weighted by Gasteiger charge is -2.19. The molecule has 0 aliphatic carbocycles. The predicted molar refractivity (Wildman–Crippen MR) is 55.1 cm³/mol. The summed E-state index contributed by atoms with van der Waals surface area (Å²) in [5, 5.41) is 9.90. The van der Waals surface area contributed by atoms with E-state index in [-0.39, 0.29) is 0 Å². The SMILES string of the molecule is N[C@@H](C[C@@H](O)c1cccc(Cl)c1)C(F)(F)F. The number of hydrogen-bond acceptors (Lipinski definition) is 2. The second-order valence-corrected chi connectivity index (χ2v) is 3.89. The van der Waals surface area contributed by atoms with Crippen LogP contribution in [0.1, 0.15) is 18.1 Å². The third kappa shape index (κ3) is 3.66. The van der Waals surface area contributed by atoms with Crippen molar-refractivity contribution in [2.24, 2.45) is 5.73 Å². The Morgan fingerprint density at radius 3 is 2.50 bits per heavy atom. The van der Waals surface area contributed by atoms with Crippen LogP contribution in [0.4, 0.5) is 13.2 Å². The third-order valence-electron chi connectivity index (χ3n) is 2.13. The van der Waals surface area contributed by atoms with Gasteiger partial charge in [-0.25, -0.2) is 0 Å². The Labute approximate surface area is 95.8 Å². The first-order valence-electron chi connectivity index (χ1n) is 4.56. The average molecular weight is 254 g/mol. The van der Waals surface area contributed by atoms with Gasteiger partial charge in [0.1, 0.15) is 6.04 Å². The monoisotopic (exact) mass is 253 g/mol. The molecule has 0 spiro atoms. The normalized spacial score (nSPS) is 15.9. The zero-order valence-electron chi connectivity index (χ0n) is 8.21. The van der Waals surface area contributed by atoms with E-state index in [2.05, 4.69) is 0 Å². The van der Waals surface area contributed by atoms with E-state index in [1.54, 1.807) is 12.1 Å². The molecule has 0 fully saturated rings. The van der Waals surface area contributed by atoms with Crippen LogP contribution in [0.15, 0.2) is 24.3 Å². The van der Waals surface area contributed by atoms with E-state index >= 15 is 0 Å². The number of benzene rings is 1. The minimum absolute atomic E-state index is 0.326. The molecule has 0 saturated heterocycles. The number of nitrogens with two attached hydrogens (primary N) is 1. The Bertz CT molecular complexity index is 356. The molecule has 0 heterocycles. The van der Waals surface area contributed by atoms with E-state index in [4.69, 9.17) is 17.3 Å². The first kappa shape index (κ1) is 13.3. The van der Waals surface area contributed by atoms with Gasteiger partial charge in [-0.1, -0.05) is 23.7 Å². The standard InChI is InChI=1S/C10H11ClF3NO/c11-7-3-1-2-6(4-7)8(16)5-9(15)10(12,13)14/h1-4,8-9,16H,5,15H2/t8-,9+/m1/s1. The summed E-state index contributed by atoms with van der Waals surface area (Å²) in [6.45, 7) is 0. The van der Waals surface area contributed by atoms with E-state index in [0.717, 1.165) is 0 Å². The van der Waals surface area contributed by atoms with Crippen molar-refractivity contribution in [2.45, 2.75) is 24.7 Å². The number of aliphatic hydroxyl groups excluding tert-OH is 1. The molecule has 0 aliphatic rings. The van der Waals surface area contributed by atoms with Crippen LogP contribution in [-0.2, 0) is 0 Å². The highest BCUT2D eigenvalue weighted by atomic mass is 35.5. The zero-order chi connectivity index (χ0) is 12.3. The number of alkyl halides is 3. The maximum Gasteiger partial charge on any atom is 0.403 e. The van der Waals surface area contributed by atoms with Crippen molar-refractivity contribution < 1.29 is 18.3 Å². The van der Waals surface area contributed by atoms with E-state index in [0.29, 0.717) is 10.6 Å². The molecule has 1 aromatic carbocycles. The Kier molecular flexibility index (Phi) is 4.18. The lowest BCUT2D eigenvalue weighted by atomic mass is 10.0. The fraction of sp³-hybridized carbons (Fsp3) is 0.400.